The van der Waals surface area contributed by atoms with Gasteiger partial charge in [0.2, 0.25) is 5.91 Å². The molecule has 3 N–H and O–H groups in total. The van der Waals surface area contributed by atoms with E-state index in [4.69, 9.17) is 5.73 Å². The van der Waals surface area contributed by atoms with E-state index in [1.165, 1.54) is 11.8 Å². The third-order valence-corrected chi connectivity index (χ3v) is 4.36. The van der Waals surface area contributed by atoms with Gasteiger partial charge in [-0.05, 0) is 18.4 Å². The van der Waals surface area contributed by atoms with Gasteiger partial charge in [-0.25, -0.2) is 0 Å². The third-order valence-electron chi connectivity index (χ3n) is 3.44. The predicted molar refractivity (Wildman–Crippen MR) is 84.9 cm³/mol. The Morgan fingerprint density at radius 2 is 2.10 bits per heavy atom. The molecule has 1 aliphatic rings. The number of likely N-dealkylation sites (tertiary alicyclic amines) is 1. The van der Waals surface area contributed by atoms with Gasteiger partial charge in [0.1, 0.15) is 6.04 Å². The van der Waals surface area contributed by atoms with Crippen molar-refractivity contribution in [1.82, 2.24) is 10.2 Å². The van der Waals surface area contributed by atoms with Crippen LogP contribution in [-0.4, -0.2) is 40.9 Å². The summed E-state index contributed by atoms with van der Waals surface area (Å²) in [6.07, 6.45) is 1.61. The third kappa shape index (κ3) is 4.47. The van der Waals surface area contributed by atoms with Crippen molar-refractivity contribution >= 4 is 22.9 Å². The molecule has 1 fully saturated rings. The lowest BCUT2D eigenvalue weighted by Crippen LogP contribution is -2.44. The van der Waals surface area contributed by atoms with E-state index < -0.39 is 0 Å². The molecular weight excluding hydrogens is 286 g/mol. The van der Waals surface area contributed by atoms with E-state index in [-0.39, 0.29) is 17.2 Å². The largest absolute Gasteiger partial charge is 0.350 e. The van der Waals surface area contributed by atoms with E-state index in [2.05, 4.69) is 5.32 Å². The number of thioether (sulfide) groups is 1. The van der Waals surface area contributed by atoms with E-state index >= 15 is 0 Å². The number of carbonyl (C=O) groups excluding carboxylic acids is 2. The summed E-state index contributed by atoms with van der Waals surface area (Å²) < 4.78 is 0. The van der Waals surface area contributed by atoms with Crippen molar-refractivity contribution < 1.29 is 9.59 Å². The number of amides is 2. The molecule has 6 heteroatoms. The van der Waals surface area contributed by atoms with Crippen molar-refractivity contribution in [3.63, 3.8) is 0 Å². The highest BCUT2D eigenvalue weighted by molar-refractivity contribution is 8.13. The summed E-state index contributed by atoms with van der Waals surface area (Å²) >= 11 is 1.19. The van der Waals surface area contributed by atoms with Crippen LogP contribution in [0.3, 0.4) is 0 Å². The fourth-order valence-electron chi connectivity index (χ4n) is 2.39. The molecule has 114 valence electrons. The summed E-state index contributed by atoms with van der Waals surface area (Å²) in [5.74, 6) is 0.520. The predicted octanol–water partition coefficient (Wildman–Crippen LogP) is 1.58. The molecule has 1 saturated heterocycles. The number of hydrogen-bond acceptors (Lipinski definition) is 4. The first-order valence-electron chi connectivity index (χ1n) is 7.17. The Labute approximate surface area is 129 Å². The lowest BCUT2D eigenvalue weighted by Gasteiger charge is -2.23. The van der Waals surface area contributed by atoms with Crippen LogP contribution in [0.4, 0.5) is 4.79 Å². The van der Waals surface area contributed by atoms with Gasteiger partial charge in [0.15, 0.2) is 0 Å². The smallest absolute Gasteiger partial charge is 0.282 e. The molecule has 0 saturated carbocycles. The summed E-state index contributed by atoms with van der Waals surface area (Å²) in [5.41, 5.74) is 6.47. The summed E-state index contributed by atoms with van der Waals surface area (Å²) in [5, 5.41) is 2.87. The van der Waals surface area contributed by atoms with Gasteiger partial charge in [-0.3, -0.25) is 9.59 Å². The molecule has 1 aromatic rings. The second kappa shape index (κ2) is 8.05. The Morgan fingerprint density at radius 1 is 1.33 bits per heavy atom. The molecule has 0 unspecified atom stereocenters. The zero-order valence-corrected chi connectivity index (χ0v) is 12.8. The number of hydrogen-bond donors (Lipinski definition) is 2. The van der Waals surface area contributed by atoms with E-state index in [1.54, 1.807) is 4.90 Å². The maximum absolute atomic E-state index is 12.3. The Balaban J connectivity index is 1.87. The highest BCUT2D eigenvalue weighted by Gasteiger charge is 2.33. The molecule has 0 aliphatic carbocycles. The quantitative estimate of drug-likeness (QED) is 0.866. The van der Waals surface area contributed by atoms with Crippen LogP contribution in [0.5, 0.6) is 0 Å². The first-order chi connectivity index (χ1) is 10.2. The molecule has 0 spiro atoms. The van der Waals surface area contributed by atoms with Crippen molar-refractivity contribution in [2.75, 3.05) is 18.8 Å². The first-order valence-corrected chi connectivity index (χ1v) is 8.16. The van der Waals surface area contributed by atoms with Gasteiger partial charge in [0, 0.05) is 25.4 Å². The zero-order chi connectivity index (χ0) is 15.1. The fraction of sp³-hybridized carbons (Fsp3) is 0.467. The molecular formula is C15H21N3O2S. The lowest BCUT2D eigenvalue weighted by molar-refractivity contribution is -0.124. The van der Waals surface area contributed by atoms with Crippen molar-refractivity contribution in [2.45, 2.75) is 25.4 Å². The molecule has 0 radical (unpaired) electrons. The van der Waals surface area contributed by atoms with Gasteiger partial charge < -0.3 is 16.0 Å². The second-order valence-electron chi connectivity index (χ2n) is 4.96. The molecule has 2 amide bonds. The van der Waals surface area contributed by atoms with Crippen LogP contribution in [0, 0.1) is 0 Å². The highest BCUT2D eigenvalue weighted by atomic mass is 32.2. The molecule has 2 rings (SSSR count). The van der Waals surface area contributed by atoms with E-state index in [0.717, 1.165) is 18.4 Å². The topological polar surface area (TPSA) is 75.4 Å². The number of benzene rings is 1. The van der Waals surface area contributed by atoms with Crippen LogP contribution in [0.2, 0.25) is 0 Å². The number of nitrogens with zero attached hydrogens (tertiary/aromatic N) is 1. The van der Waals surface area contributed by atoms with Crippen LogP contribution >= 0.6 is 11.8 Å². The van der Waals surface area contributed by atoms with Gasteiger partial charge in [0.05, 0.1) is 0 Å². The maximum Gasteiger partial charge on any atom is 0.282 e. The Hall–Kier alpha value is -1.53. The standard InChI is InChI=1S/C15H21N3O2S/c16-8-10-21-15(20)18-9-4-7-13(18)14(19)17-11-12-5-2-1-3-6-12/h1-3,5-6,13H,4,7-11,16H2,(H,17,19)/t13-/m0/s1. The number of nitrogens with two attached hydrogens (primary N) is 1. The first kappa shape index (κ1) is 15.9. The minimum atomic E-state index is -0.341. The maximum atomic E-state index is 12.3. The molecule has 1 aromatic carbocycles. The van der Waals surface area contributed by atoms with E-state index in [1.807, 2.05) is 30.3 Å². The molecule has 5 nitrogen and oxygen atoms in total. The minimum Gasteiger partial charge on any atom is -0.350 e. The van der Waals surface area contributed by atoms with Crippen molar-refractivity contribution in [1.29, 1.82) is 0 Å². The molecule has 1 heterocycles. The number of nitrogens with one attached hydrogen (secondary N) is 1. The molecule has 1 atom stereocenters. The molecule has 21 heavy (non-hydrogen) atoms. The van der Waals surface area contributed by atoms with E-state index in [0.29, 0.717) is 25.4 Å². The number of carbonyl (C=O) groups is 2. The summed E-state index contributed by atoms with van der Waals surface area (Å²) in [7, 11) is 0. The van der Waals surface area contributed by atoms with Crippen LogP contribution < -0.4 is 11.1 Å². The normalized spacial score (nSPS) is 17.8. The Kier molecular flexibility index (Phi) is 6.07. The van der Waals surface area contributed by atoms with Crippen LogP contribution in [0.25, 0.3) is 0 Å². The average molecular weight is 307 g/mol. The SMILES string of the molecule is NCCSC(=O)N1CCC[C@H]1C(=O)NCc1ccccc1. The zero-order valence-electron chi connectivity index (χ0n) is 12.0. The van der Waals surface area contributed by atoms with Gasteiger partial charge in [-0.15, -0.1) is 0 Å². The van der Waals surface area contributed by atoms with Crippen LogP contribution in [-0.2, 0) is 11.3 Å². The fourth-order valence-corrected chi connectivity index (χ4v) is 3.07. The highest BCUT2D eigenvalue weighted by Crippen LogP contribution is 2.22. The summed E-state index contributed by atoms with van der Waals surface area (Å²) in [6, 6.07) is 9.42. The average Bonchev–Trinajstić information content (AvgIpc) is 3.01. The second-order valence-corrected chi connectivity index (χ2v) is 6.00. The molecule has 1 aliphatic heterocycles. The number of rotatable bonds is 5. The minimum absolute atomic E-state index is 0.0437. The Bertz CT molecular complexity index is 481. The monoisotopic (exact) mass is 307 g/mol. The van der Waals surface area contributed by atoms with Gasteiger partial charge in [-0.2, -0.15) is 0 Å². The molecule has 0 aromatic heterocycles. The van der Waals surface area contributed by atoms with Crippen LogP contribution in [0.1, 0.15) is 18.4 Å². The summed E-state index contributed by atoms with van der Waals surface area (Å²) in [6.45, 7) is 1.61. The van der Waals surface area contributed by atoms with Crippen molar-refractivity contribution in [3.8, 4) is 0 Å². The van der Waals surface area contributed by atoms with Crippen LogP contribution in [0.15, 0.2) is 30.3 Å². The lowest BCUT2D eigenvalue weighted by atomic mass is 10.2. The Morgan fingerprint density at radius 3 is 2.81 bits per heavy atom. The molecule has 0 bridgehead atoms. The van der Waals surface area contributed by atoms with Gasteiger partial charge >= 0.3 is 0 Å². The van der Waals surface area contributed by atoms with E-state index in [9.17, 15) is 9.59 Å². The van der Waals surface area contributed by atoms with Gasteiger partial charge in [-0.1, -0.05) is 42.1 Å². The van der Waals surface area contributed by atoms with Gasteiger partial charge in [0.25, 0.3) is 5.24 Å². The summed E-state index contributed by atoms with van der Waals surface area (Å²) in [4.78, 5) is 26.0. The van der Waals surface area contributed by atoms with Crippen molar-refractivity contribution in [3.05, 3.63) is 35.9 Å². The van der Waals surface area contributed by atoms with Crippen molar-refractivity contribution in [2.24, 2.45) is 5.73 Å².